The Bertz CT molecular complexity index is 139. The van der Waals surface area contributed by atoms with E-state index in [9.17, 15) is 0 Å². The highest BCUT2D eigenvalue weighted by Crippen LogP contribution is 1.83. The van der Waals surface area contributed by atoms with Crippen LogP contribution in [0.3, 0.4) is 0 Å². The topological polar surface area (TPSA) is 94.8 Å². The van der Waals surface area contributed by atoms with Gasteiger partial charge in [0.2, 0.25) is 0 Å². The zero-order valence-electron chi connectivity index (χ0n) is 5.85. The summed E-state index contributed by atoms with van der Waals surface area (Å²) in [5.74, 6) is 0.440. The van der Waals surface area contributed by atoms with Crippen molar-refractivity contribution in [3.05, 3.63) is 0 Å². The van der Waals surface area contributed by atoms with Gasteiger partial charge in [-0.2, -0.15) is 8.42 Å². The molecule has 10 heavy (non-hydrogen) atoms. The maximum absolute atomic E-state index is 8.74. The molecule has 0 saturated heterocycles. The quantitative estimate of drug-likeness (QED) is 0.483. The first-order valence-corrected chi connectivity index (χ1v) is 3.97. The standard InChI is InChI=1S/C4H10O.H2O4S/c1-4(2)3-5;1-5(2,3)4/h4-5H,3H2,1-2H3;(H2,1,2,3,4). The molecule has 0 aromatic heterocycles. The first-order chi connectivity index (χ1) is 4.27. The lowest BCUT2D eigenvalue weighted by molar-refractivity contribution is 0.248. The molecular formula is C4H12O5S. The highest BCUT2D eigenvalue weighted by atomic mass is 32.3. The van der Waals surface area contributed by atoms with Crippen LogP contribution in [0.15, 0.2) is 0 Å². The van der Waals surface area contributed by atoms with E-state index in [4.69, 9.17) is 22.6 Å². The third-order valence-corrected chi connectivity index (χ3v) is 0.365. The Morgan fingerprint density at radius 2 is 1.40 bits per heavy atom. The van der Waals surface area contributed by atoms with E-state index in [1.807, 2.05) is 13.8 Å². The molecule has 0 rings (SSSR count). The van der Waals surface area contributed by atoms with E-state index in [2.05, 4.69) is 0 Å². The van der Waals surface area contributed by atoms with E-state index in [0.717, 1.165) is 0 Å². The van der Waals surface area contributed by atoms with Crippen molar-refractivity contribution in [1.82, 2.24) is 0 Å². The van der Waals surface area contributed by atoms with E-state index < -0.39 is 10.4 Å². The molecule has 3 N–H and O–H groups in total. The molecule has 6 heteroatoms. The summed E-state index contributed by atoms with van der Waals surface area (Å²) in [5, 5.41) is 8.14. The summed E-state index contributed by atoms with van der Waals surface area (Å²) in [7, 11) is -4.67. The number of hydrogen-bond acceptors (Lipinski definition) is 3. The van der Waals surface area contributed by atoms with Crippen LogP contribution >= 0.6 is 0 Å². The lowest BCUT2D eigenvalue weighted by Crippen LogP contribution is -1.90. The fourth-order valence-corrected chi connectivity index (χ4v) is 0. The first-order valence-electron chi connectivity index (χ1n) is 2.58. The molecule has 0 bridgehead atoms. The van der Waals surface area contributed by atoms with Gasteiger partial charge >= 0.3 is 10.4 Å². The monoisotopic (exact) mass is 172 g/mol. The molecule has 64 valence electrons. The molecule has 0 fully saturated rings. The summed E-state index contributed by atoms with van der Waals surface area (Å²) in [6.07, 6.45) is 0. The van der Waals surface area contributed by atoms with E-state index >= 15 is 0 Å². The van der Waals surface area contributed by atoms with E-state index in [0.29, 0.717) is 12.5 Å². The molecule has 0 spiro atoms. The number of hydrogen-bond donors (Lipinski definition) is 3. The highest BCUT2D eigenvalue weighted by Gasteiger charge is 1.84. The molecule has 0 saturated carbocycles. The van der Waals surface area contributed by atoms with Gasteiger partial charge in [-0.3, -0.25) is 9.11 Å². The van der Waals surface area contributed by atoms with Gasteiger partial charge < -0.3 is 5.11 Å². The van der Waals surface area contributed by atoms with Crippen molar-refractivity contribution in [2.45, 2.75) is 13.8 Å². The van der Waals surface area contributed by atoms with Gasteiger partial charge in [0.05, 0.1) is 0 Å². The number of rotatable bonds is 1. The van der Waals surface area contributed by atoms with Crippen LogP contribution in [-0.4, -0.2) is 29.2 Å². The smallest absolute Gasteiger partial charge is 0.394 e. The molecule has 0 unspecified atom stereocenters. The number of aliphatic hydroxyl groups excluding tert-OH is 1. The van der Waals surface area contributed by atoms with Gasteiger partial charge in [0, 0.05) is 6.61 Å². The molecule has 0 atom stereocenters. The van der Waals surface area contributed by atoms with Gasteiger partial charge in [0.1, 0.15) is 0 Å². The minimum atomic E-state index is -4.67. The van der Waals surface area contributed by atoms with Crippen LogP contribution in [-0.2, 0) is 10.4 Å². The van der Waals surface area contributed by atoms with Gasteiger partial charge in [-0.05, 0) is 5.92 Å². The summed E-state index contributed by atoms with van der Waals surface area (Å²) in [6, 6.07) is 0. The third kappa shape index (κ3) is 109. The first kappa shape index (κ1) is 12.5. The van der Waals surface area contributed by atoms with Gasteiger partial charge in [-0.25, -0.2) is 0 Å². The SMILES string of the molecule is CC(C)CO.O=S(=O)(O)O. The van der Waals surface area contributed by atoms with Crippen molar-refractivity contribution in [1.29, 1.82) is 0 Å². The number of aliphatic hydroxyl groups is 1. The summed E-state index contributed by atoms with van der Waals surface area (Å²) in [6.45, 7) is 4.25. The van der Waals surface area contributed by atoms with Crippen molar-refractivity contribution in [2.24, 2.45) is 5.92 Å². The van der Waals surface area contributed by atoms with Crippen LogP contribution in [0, 0.1) is 5.92 Å². The van der Waals surface area contributed by atoms with Crippen LogP contribution in [0.4, 0.5) is 0 Å². The second-order valence-electron chi connectivity index (χ2n) is 2.02. The Labute approximate surface area is 60.3 Å². The molecule has 0 radical (unpaired) electrons. The average Bonchev–Trinajstić information content (AvgIpc) is 1.61. The maximum Gasteiger partial charge on any atom is 0.394 e. The molecular weight excluding hydrogens is 160 g/mol. The predicted octanol–water partition coefficient (Wildman–Crippen LogP) is -0.0181. The Morgan fingerprint density at radius 1 is 1.30 bits per heavy atom. The van der Waals surface area contributed by atoms with Gasteiger partial charge in [0.15, 0.2) is 0 Å². The van der Waals surface area contributed by atoms with Crippen LogP contribution in [0.1, 0.15) is 13.8 Å². The van der Waals surface area contributed by atoms with E-state index in [1.54, 1.807) is 0 Å². The van der Waals surface area contributed by atoms with Crippen molar-refractivity contribution in [3.63, 3.8) is 0 Å². The molecule has 0 amide bonds. The van der Waals surface area contributed by atoms with Gasteiger partial charge in [-0.1, -0.05) is 13.8 Å². The minimum absolute atomic E-state index is 0.306. The predicted molar refractivity (Wildman–Crippen MR) is 36.1 cm³/mol. The molecule has 0 aliphatic carbocycles. The lowest BCUT2D eigenvalue weighted by atomic mass is 10.2. The lowest BCUT2D eigenvalue weighted by Gasteiger charge is -1.90. The Morgan fingerprint density at radius 3 is 1.40 bits per heavy atom. The fourth-order valence-electron chi connectivity index (χ4n) is 0. The Balaban J connectivity index is 0. The Kier molecular flexibility index (Phi) is 7.00. The summed E-state index contributed by atoms with van der Waals surface area (Å²) in [4.78, 5) is 0. The van der Waals surface area contributed by atoms with E-state index in [1.165, 1.54) is 0 Å². The molecule has 0 heterocycles. The zero-order valence-corrected chi connectivity index (χ0v) is 6.67. The second-order valence-corrected chi connectivity index (χ2v) is 2.92. The van der Waals surface area contributed by atoms with Crippen molar-refractivity contribution in [3.8, 4) is 0 Å². The van der Waals surface area contributed by atoms with Crippen LogP contribution in [0.2, 0.25) is 0 Å². The molecule has 0 aliphatic heterocycles. The average molecular weight is 172 g/mol. The minimum Gasteiger partial charge on any atom is -0.396 e. The van der Waals surface area contributed by atoms with Gasteiger partial charge in [0.25, 0.3) is 0 Å². The van der Waals surface area contributed by atoms with Gasteiger partial charge in [-0.15, -0.1) is 0 Å². The largest absolute Gasteiger partial charge is 0.396 e. The molecule has 0 aromatic rings. The summed E-state index contributed by atoms with van der Waals surface area (Å²) >= 11 is 0. The van der Waals surface area contributed by atoms with E-state index in [-0.39, 0.29) is 0 Å². The van der Waals surface area contributed by atoms with Crippen LogP contribution in [0.25, 0.3) is 0 Å². The maximum atomic E-state index is 8.74. The molecule has 0 aliphatic rings. The summed E-state index contributed by atoms with van der Waals surface area (Å²) in [5.41, 5.74) is 0. The van der Waals surface area contributed by atoms with Crippen molar-refractivity contribution < 1.29 is 22.6 Å². The zero-order chi connectivity index (χ0) is 8.78. The normalized spacial score (nSPS) is 10.6. The highest BCUT2D eigenvalue weighted by molar-refractivity contribution is 7.79. The van der Waals surface area contributed by atoms with Crippen LogP contribution in [0.5, 0.6) is 0 Å². The summed E-state index contributed by atoms with van der Waals surface area (Å²) < 4.78 is 31.6. The van der Waals surface area contributed by atoms with Crippen molar-refractivity contribution in [2.75, 3.05) is 6.61 Å². The third-order valence-electron chi connectivity index (χ3n) is 0.365. The fraction of sp³-hybridized carbons (Fsp3) is 1.00. The second kappa shape index (κ2) is 5.60. The Hall–Kier alpha value is -0.170. The van der Waals surface area contributed by atoms with Crippen molar-refractivity contribution >= 4 is 10.4 Å². The van der Waals surface area contributed by atoms with Crippen LogP contribution < -0.4 is 0 Å². The molecule has 5 nitrogen and oxygen atoms in total. The molecule has 0 aromatic carbocycles.